The summed E-state index contributed by atoms with van der Waals surface area (Å²) >= 11 is 7.99. The normalized spacial score (nSPS) is 12.0. The molecule has 0 saturated carbocycles. The van der Waals surface area contributed by atoms with Crippen LogP contribution in [0.1, 0.15) is 0 Å². The van der Waals surface area contributed by atoms with Crippen molar-refractivity contribution in [3.63, 3.8) is 0 Å². The van der Waals surface area contributed by atoms with Crippen molar-refractivity contribution in [1.82, 2.24) is 0 Å². The standard InChI is InChI=1S/C15H14ClFINO2/c16-12-3-1-2-4-15(12)21-9-11(20)8-19-14-6-5-10(17)7-13(14)18/h1-7,11,19-20H,8-9H2. The van der Waals surface area contributed by atoms with Crippen LogP contribution in [0.15, 0.2) is 42.5 Å². The van der Waals surface area contributed by atoms with Gasteiger partial charge in [-0.1, -0.05) is 23.7 Å². The molecule has 0 aliphatic heterocycles. The van der Waals surface area contributed by atoms with Gasteiger partial charge in [-0.15, -0.1) is 0 Å². The summed E-state index contributed by atoms with van der Waals surface area (Å²) in [5.74, 6) is 0.252. The van der Waals surface area contributed by atoms with Crippen LogP contribution in [0.4, 0.5) is 10.1 Å². The Kier molecular flexibility index (Phi) is 6.08. The van der Waals surface area contributed by atoms with Gasteiger partial charge in [0.05, 0.1) is 5.02 Å². The number of benzene rings is 2. The van der Waals surface area contributed by atoms with Crippen LogP contribution in [-0.4, -0.2) is 24.4 Å². The lowest BCUT2D eigenvalue weighted by atomic mass is 10.3. The molecule has 0 aromatic heterocycles. The Morgan fingerprint density at radius 3 is 2.76 bits per heavy atom. The van der Waals surface area contributed by atoms with Gasteiger partial charge in [-0.25, -0.2) is 4.39 Å². The molecule has 2 aromatic rings. The number of halogens is 3. The van der Waals surface area contributed by atoms with E-state index < -0.39 is 6.10 Å². The van der Waals surface area contributed by atoms with Crippen LogP contribution in [-0.2, 0) is 0 Å². The lowest BCUT2D eigenvalue weighted by molar-refractivity contribution is 0.117. The Balaban J connectivity index is 1.82. The molecule has 2 rings (SSSR count). The molecule has 0 aliphatic carbocycles. The fourth-order valence-electron chi connectivity index (χ4n) is 1.67. The minimum absolute atomic E-state index is 0.120. The maximum Gasteiger partial charge on any atom is 0.138 e. The van der Waals surface area contributed by atoms with Gasteiger partial charge in [-0.05, 0) is 52.9 Å². The Morgan fingerprint density at radius 1 is 1.29 bits per heavy atom. The van der Waals surface area contributed by atoms with Crippen LogP contribution in [0.25, 0.3) is 0 Å². The molecule has 6 heteroatoms. The van der Waals surface area contributed by atoms with Crippen LogP contribution in [0, 0.1) is 9.39 Å². The monoisotopic (exact) mass is 421 g/mol. The topological polar surface area (TPSA) is 41.5 Å². The van der Waals surface area contributed by atoms with E-state index in [1.54, 1.807) is 18.2 Å². The van der Waals surface area contributed by atoms with E-state index in [2.05, 4.69) is 5.32 Å². The molecule has 1 unspecified atom stereocenters. The highest BCUT2D eigenvalue weighted by Crippen LogP contribution is 2.23. The van der Waals surface area contributed by atoms with E-state index in [1.807, 2.05) is 34.7 Å². The SMILES string of the molecule is OC(CNc1ccc(F)cc1I)COc1ccccc1Cl. The van der Waals surface area contributed by atoms with Crippen LogP contribution >= 0.6 is 34.2 Å². The molecule has 0 bridgehead atoms. The zero-order valence-corrected chi connectivity index (χ0v) is 13.9. The molecular formula is C15H14ClFINO2. The zero-order valence-electron chi connectivity index (χ0n) is 11.0. The highest BCUT2D eigenvalue weighted by molar-refractivity contribution is 14.1. The van der Waals surface area contributed by atoms with Crippen molar-refractivity contribution >= 4 is 39.9 Å². The second-order valence-electron chi connectivity index (χ2n) is 4.40. The largest absolute Gasteiger partial charge is 0.489 e. The molecule has 0 spiro atoms. The third-order valence-electron chi connectivity index (χ3n) is 2.73. The van der Waals surface area contributed by atoms with Crippen LogP contribution in [0.5, 0.6) is 5.75 Å². The van der Waals surface area contributed by atoms with Gasteiger partial charge in [0.25, 0.3) is 0 Å². The Hall–Kier alpha value is -1.05. The summed E-state index contributed by atoms with van der Waals surface area (Å²) in [6.45, 7) is 0.417. The first-order chi connectivity index (χ1) is 10.1. The van der Waals surface area contributed by atoms with Crippen LogP contribution in [0.2, 0.25) is 5.02 Å². The number of ether oxygens (including phenoxy) is 1. The van der Waals surface area contributed by atoms with Gasteiger partial charge in [0.15, 0.2) is 0 Å². The third-order valence-corrected chi connectivity index (χ3v) is 3.93. The first kappa shape index (κ1) is 16.3. The Morgan fingerprint density at radius 2 is 2.05 bits per heavy atom. The molecule has 21 heavy (non-hydrogen) atoms. The summed E-state index contributed by atoms with van der Waals surface area (Å²) in [6.07, 6.45) is -0.706. The average Bonchev–Trinajstić information content (AvgIpc) is 2.45. The molecule has 0 fully saturated rings. The summed E-state index contributed by atoms with van der Waals surface area (Å²) in [7, 11) is 0. The predicted molar refractivity (Wildman–Crippen MR) is 90.6 cm³/mol. The van der Waals surface area contributed by atoms with Gasteiger partial charge < -0.3 is 15.2 Å². The number of hydrogen-bond donors (Lipinski definition) is 2. The predicted octanol–water partition coefficient (Wildman–Crippen LogP) is 3.94. The maximum absolute atomic E-state index is 13.0. The molecule has 0 saturated heterocycles. The highest BCUT2D eigenvalue weighted by Gasteiger charge is 2.08. The zero-order chi connectivity index (χ0) is 15.2. The Labute approximate surface area is 141 Å². The quantitative estimate of drug-likeness (QED) is 0.695. The maximum atomic E-state index is 13.0. The van der Waals surface area contributed by atoms with Gasteiger partial charge in [-0.3, -0.25) is 0 Å². The van der Waals surface area contributed by atoms with Crippen molar-refractivity contribution in [1.29, 1.82) is 0 Å². The fourth-order valence-corrected chi connectivity index (χ4v) is 2.53. The third kappa shape index (κ3) is 5.01. The highest BCUT2D eigenvalue weighted by atomic mass is 127. The van der Waals surface area contributed by atoms with E-state index in [1.165, 1.54) is 12.1 Å². The summed E-state index contributed by atoms with van der Waals surface area (Å²) in [6, 6.07) is 11.5. The van der Waals surface area contributed by atoms with E-state index in [4.69, 9.17) is 16.3 Å². The molecular weight excluding hydrogens is 408 g/mol. The van der Waals surface area contributed by atoms with Gasteiger partial charge in [-0.2, -0.15) is 0 Å². The van der Waals surface area contributed by atoms with Crippen molar-refractivity contribution in [3.8, 4) is 5.75 Å². The summed E-state index contributed by atoms with van der Waals surface area (Å²) < 4.78 is 19.2. The number of nitrogens with one attached hydrogen (secondary N) is 1. The molecule has 2 aromatic carbocycles. The van der Waals surface area contributed by atoms with E-state index in [9.17, 15) is 9.50 Å². The van der Waals surface area contributed by atoms with Crippen LogP contribution < -0.4 is 10.1 Å². The van der Waals surface area contributed by atoms with Gasteiger partial charge in [0.1, 0.15) is 24.3 Å². The van der Waals surface area contributed by atoms with Crippen molar-refractivity contribution in [2.45, 2.75) is 6.10 Å². The van der Waals surface area contributed by atoms with E-state index in [0.717, 1.165) is 9.26 Å². The van der Waals surface area contributed by atoms with Crippen molar-refractivity contribution in [2.75, 3.05) is 18.5 Å². The first-order valence-corrected chi connectivity index (χ1v) is 7.76. The minimum atomic E-state index is -0.706. The second kappa shape index (κ2) is 7.82. The lowest BCUT2D eigenvalue weighted by Crippen LogP contribution is -2.26. The van der Waals surface area contributed by atoms with Crippen molar-refractivity contribution < 1.29 is 14.2 Å². The lowest BCUT2D eigenvalue weighted by Gasteiger charge is -2.15. The fraction of sp³-hybridized carbons (Fsp3) is 0.200. The van der Waals surface area contributed by atoms with Crippen molar-refractivity contribution in [2.24, 2.45) is 0 Å². The molecule has 0 heterocycles. The number of aliphatic hydroxyl groups is 1. The van der Waals surface area contributed by atoms with E-state index in [-0.39, 0.29) is 12.4 Å². The number of anilines is 1. The smallest absolute Gasteiger partial charge is 0.138 e. The summed E-state index contributed by atoms with van der Waals surface area (Å²) in [5, 5.41) is 13.5. The molecule has 0 amide bonds. The molecule has 2 N–H and O–H groups in total. The molecule has 3 nitrogen and oxygen atoms in total. The molecule has 0 radical (unpaired) electrons. The molecule has 0 aliphatic rings. The van der Waals surface area contributed by atoms with Gasteiger partial charge in [0, 0.05) is 15.8 Å². The van der Waals surface area contributed by atoms with E-state index >= 15 is 0 Å². The van der Waals surface area contributed by atoms with Crippen molar-refractivity contribution in [3.05, 3.63) is 56.9 Å². The first-order valence-electron chi connectivity index (χ1n) is 6.30. The number of hydrogen-bond acceptors (Lipinski definition) is 3. The summed E-state index contributed by atoms with van der Waals surface area (Å²) in [5.41, 5.74) is 0.772. The van der Waals surface area contributed by atoms with Gasteiger partial charge >= 0.3 is 0 Å². The van der Waals surface area contributed by atoms with E-state index in [0.29, 0.717) is 17.3 Å². The van der Waals surface area contributed by atoms with Gasteiger partial charge in [0.2, 0.25) is 0 Å². The molecule has 1 atom stereocenters. The van der Waals surface area contributed by atoms with Crippen LogP contribution in [0.3, 0.4) is 0 Å². The summed E-state index contributed by atoms with van der Waals surface area (Å²) in [4.78, 5) is 0. The Bertz CT molecular complexity index is 612. The minimum Gasteiger partial charge on any atom is -0.489 e. The number of aliphatic hydroxyl groups excluding tert-OH is 1. The average molecular weight is 422 g/mol. The molecule has 112 valence electrons. The number of para-hydroxylation sites is 1. The number of rotatable bonds is 6. The second-order valence-corrected chi connectivity index (χ2v) is 5.97.